The number of carbonyl (C=O) groups is 2. The van der Waals surface area contributed by atoms with Crippen molar-refractivity contribution in [3.05, 3.63) is 45.8 Å². The van der Waals surface area contributed by atoms with Crippen LogP contribution in [0.25, 0.3) is 0 Å². The Morgan fingerprint density at radius 3 is 2.65 bits per heavy atom. The summed E-state index contributed by atoms with van der Waals surface area (Å²) in [6.45, 7) is 2.78. The topological polar surface area (TPSA) is 64.6 Å². The van der Waals surface area contributed by atoms with E-state index < -0.39 is 0 Å². The summed E-state index contributed by atoms with van der Waals surface area (Å²) >= 11 is 1.47. The number of fused-ring (bicyclic) bond motifs is 1. The second-order valence-electron chi connectivity index (χ2n) is 6.23. The van der Waals surface area contributed by atoms with Crippen LogP contribution in [-0.4, -0.2) is 25.6 Å². The molecular weight excluding hydrogens is 350 g/mol. The molecule has 26 heavy (non-hydrogen) atoms. The minimum Gasteiger partial charge on any atom is -0.494 e. The second-order valence-corrected chi connectivity index (χ2v) is 7.34. The number of unbranched alkanes of at least 4 members (excludes halogenated alkanes) is 1. The normalized spacial score (nSPS) is 12.5. The van der Waals surface area contributed by atoms with E-state index in [1.165, 1.54) is 23.3 Å². The van der Waals surface area contributed by atoms with E-state index in [2.05, 4.69) is 12.2 Å². The number of amides is 1. The molecule has 1 amide bonds. The van der Waals surface area contributed by atoms with Gasteiger partial charge in [-0.15, -0.1) is 11.3 Å². The number of hydrogen-bond acceptors (Lipinski definition) is 5. The molecule has 0 bridgehead atoms. The fourth-order valence-electron chi connectivity index (χ4n) is 3.02. The smallest absolute Gasteiger partial charge is 0.341 e. The number of methoxy groups -OCH3 is 1. The summed E-state index contributed by atoms with van der Waals surface area (Å²) in [5.41, 5.74) is 2.06. The van der Waals surface area contributed by atoms with Crippen molar-refractivity contribution in [1.82, 2.24) is 0 Å². The first-order chi connectivity index (χ1) is 12.6. The van der Waals surface area contributed by atoms with Crippen molar-refractivity contribution in [1.29, 1.82) is 0 Å². The molecule has 1 aliphatic rings. The third-order valence-electron chi connectivity index (χ3n) is 4.42. The Balaban J connectivity index is 1.73. The number of aryl methyl sites for hydroxylation is 1. The van der Waals surface area contributed by atoms with Crippen LogP contribution in [0.2, 0.25) is 0 Å². The van der Waals surface area contributed by atoms with Gasteiger partial charge in [-0.25, -0.2) is 4.79 Å². The van der Waals surface area contributed by atoms with Gasteiger partial charge in [0.05, 0.1) is 19.3 Å². The lowest BCUT2D eigenvalue weighted by Crippen LogP contribution is -2.14. The highest BCUT2D eigenvalue weighted by Gasteiger charge is 2.28. The first-order valence-electron chi connectivity index (χ1n) is 8.91. The van der Waals surface area contributed by atoms with E-state index in [4.69, 9.17) is 9.47 Å². The van der Waals surface area contributed by atoms with Gasteiger partial charge in [0.1, 0.15) is 10.8 Å². The zero-order valence-electron chi connectivity index (χ0n) is 15.1. The summed E-state index contributed by atoms with van der Waals surface area (Å²) in [5, 5.41) is 3.46. The predicted octanol–water partition coefficient (Wildman–Crippen LogP) is 4.45. The lowest BCUT2D eigenvalue weighted by Gasteiger charge is -2.08. The first-order valence-corrected chi connectivity index (χ1v) is 9.72. The van der Waals surface area contributed by atoms with Crippen molar-refractivity contribution < 1.29 is 19.1 Å². The van der Waals surface area contributed by atoms with E-state index in [9.17, 15) is 9.59 Å². The lowest BCUT2D eigenvalue weighted by atomic mass is 10.1. The van der Waals surface area contributed by atoms with Gasteiger partial charge >= 0.3 is 5.97 Å². The molecule has 0 saturated carbocycles. The predicted molar refractivity (Wildman–Crippen MR) is 102 cm³/mol. The lowest BCUT2D eigenvalue weighted by molar-refractivity contribution is 0.0601. The van der Waals surface area contributed by atoms with Crippen molar-refractivity contribution in [3.63, 3.8) is 0 Å². The van der Waals surface area contributed by atoms with Crippen LogP contribution in [0.3, 0.4) is 0 Å². The Labute approximate surface area is 157 Å². The van der Waals surface area contributed by atoms with Gasteiger partial charge < -0.3 is 14.8 Å². The fourth-order valence-corrected chi connectivity index (χ4v) is 4.29. The molecule has 0 aliphatic heterocycles. The summed E-state index contributed by atoms with van der Waals surface area (Å²) in [4.78, 5) is 25.9. The third kappa shape index (κ3) is 3.90. The van der Waals surface area contributed by atoms with Crippen LogP contribution in [0.15, 0.2) is 24.3 Å². The number of benzene rings is 1. The summed E-state index contributed by atoms with van der Waals surface area (Å²) in [5.74, 6) is 0.120. The van der Waals surface area contributed by atoms with E-state index in [-0.39, 0.29) is 11.9 Å². The third-order valence-corrected chi connectivity index (χ3v) is 5.63. The Bertz CT molecular complexity index is 795. The maximum absolute atomic E-state index is 12.6. The molecule has 1 aromatic carbocycles. The average Bonchev–Trinajstić information content (AvgIpc) is 3.22. The molecule has 0 saturated heterocycles. The van der Waals surface area contributed by atoms with Gasteiger partial charge in [0, 0.05) is 10.4 Å². The quantitative estimate of drug-likeness (QED) is 0.575. The van der Waals surface area contributed by atoms with Gasteiger partial charge in [0.25, 0.3) is 5.91 Å². The van der Waals surface area contributed by atoms with Crippen molar-refractivity contribution in [2.24, 2.45) is 0 Å². The summed E-state index contributed by atoms with van der Waals surface area (Å²) in [7, 11) is 1.37. The molecule has 6 heteroatoms. The van der Waals surface area contributed by atoms with Gasteiger partial charge in [0.15, 0.2) is 0 Å². The fraction of sp³-hybridized carbons (Fsp3) is 0.400. The molecule has 1 aliphatic carbocycles. The Morgan fingerprint density at radius 2 is 1.96 bits per heavy atom. The van der Waals surface area contributed by atoms with Crippen molar-refractivity contribution in [2.75, 3.05) is 19.0 Å². The van der Waals surface area contributed by atoms with Gasteiger partial charge in [-0.1, -0.05) is 13.3 Å². The van der Waals surface area contributed by atoms with Gasteiger partial charge in [-0.3, -0.25) is 4.79 Å². The van der Waals surface area contributed by atoms with Crippen molar-refractivity contribution in [2.45, 2.75) is 39.0 Å². The Morgan fingerprint density at radius 1 is 1.19 bits per heavy atom. The van der Waals surface area contributed by atoms with E-state index in [1.54, 1.807) is 24.3 Å². The average molecular weight is 373 g/mol. The van der Waals surface area contributed by atoms with Crippen LogP contribution in [0.5, 0.6) is 5.75 Å². The number of anilines is 1. The molecular formula is C20H23NO4S. The van der Waals surface area contributed by atoms with Gasteiger partial charge in [0.2, 0.25) is 0 Å². The number of hydrogen-bond donors (Lipinski definition) is 1. The molecule has 5 nitrogen and oxygen atoms in total. The molecule has 1 heterocycles. The highest BCUT2D eigenvalue weighted by Crippen LogP contribution is 2.39. The van der Waals surface area contributed by atoms with E-state index in [0.29, 0.717) is 22.7 Å². The number of nitrogens with one attached hydrogen (secondary N) is 1. The van der Waals surface area contributed by atoms with E-state index in [0.717, 1.165) is 43.4 Å². The Hall–Kier alpha value is -2.34. The Kier molecular flexibility index (Phi) is 5.93. The zero-order valence-corrected chi connectivity index (χ0v) is 15.9. The van der Waals surface area contributed by atoms with Crippen LogP contribution < -0.4 is 10.1 Å². The monoisotopic (exact) mass is 373 g/mol. The summed E-state index contributed by atoms with van der Waals surface area (Å²) in [6, 6.07) is 7.05. The minimum absolute atomic E-state index is 0.241. The minimum atomic E-state index is -0.389. The van der Waals surface area contributed by atoms with Crippen LogP contribution in [0, 0.1) is 0 Å². The van der Waals surface area contributed by atoms with Crippen molar-refractivity contribution in [3.8, 4) is 5.75 Å². The van der Waals surface area contributed by atoms with Crippen LogP contribution in [0.4, 0.5) is 5.00 Å². The molecule has 0 fully saturated rings. The van der Waals surface area contributed by atoms with Crippen LogP contribution in [0.1, 0.15) is 57.3 Å². The van der Waals surface area contributed by atoms with Crippen molar-refractivity contribution >= 4 is 28.2 Å². The number of ether oxygens (including phenoxy) is 2. The number of rotatable bonds is 7. The van der Waals surface area contributed by atoms with Gasteiger partial charge in [-0.2, -0.15) is 0 Å². The maximum atomic E-state index is 12.6. The molecule has 138 valence electrons. The first kappa shape index (κ1) is 18.5. The molecule has 0 unspecified atom stereocenters. The molecule has 3 rings (SSSR count). The number of esters is 1. The standard InChI is InChI=1S/C20H23NO4S/c1-3-4-12-25-14-10-8-13(9-11-14)18(22)21-19-17(20(23)24-2)15-6-5-7-16(15)26-19/h8-11H,3-7,12H2,1-2H3,(H,21,22). The van der Waals surface area contributed by atoms with Crippen LogP contribution >= 0.6 is 11.3 Å². The van der Waals surface area contributed by atoms with E-state index in [1.807, 2.05) is 0 Å². The summed E-state index contributed by atoms with van der Waals surface area (Å²) in [6.07, 6.45) is 4.92. The van der Waals surface area contributed by atoms with Crippen LogP contribution in [-0.2, 0) is 17.6 Å². The second kappa shape index (κ2) is 8.36. The molecule has 0 atom stereocenters. The largest absolute Gasteiger partial charge is 0.494 e. The van der Waals surface area contributed by atoms with E-state index >= 15 is 0 Å². The number of thiophene rings is 1. The highest BCUT2D eigenvalue weighted by atomic mass is 32.1. The molecule has 0 radical (unpaired) electrons. The number of carbonyl (C=O) groups excluding carboxylic acids is 2. The molecule has 1 aromatic heterocycles. The highest BCUT2D eigenvalue weighted by molar-refractivity contribution is 7.17. The maximum Gasteiger partial charge on any atom is 0.341 e. The zero-order chi connectivity index (χ0) is 18.5. The molecule has 1 N–H and O–H groups in total. The molecule has 2 aromatic rings. The SMILES string of the molecule is CCCCOc1ccc(C(=O)Nc2sc3c(c2C(=O)OC)CCC3)cc1. The summed E-state index contributed by atoms with van der Waals surface area (Å²) < 4.78 is 10.5. The van der Waals surface area contributed by atoms with Gasteiger partial charge in [-0.05, 0) is 55.5 Å². The molecule has 0 spiro atoms.